The first-order valence-corrected chi connectivity index (χ1v) is 12.1. The zero-order valence-electron chi connectivity index (χ0n) is 20.0. The highest BCUT2D eigenvalue weighted by Gasteiger charge is 2.19. The smallest absolute Gasteiger partial charge is 0.122 e. The van der Waals surface area contributed by atoms with Crippen molar-refractivity contribution in [3.8, 4) is 22.6 Å². The van der Waals surface area contributed by atoms with Crippen molar-refractivity contribution in [2.45, 2.75) is 105 Å². The summed E-state index contributed by atoms with van der Waals surface area (Å²) in [6.07, 6.45) is 8.19. The molecule has 0 aliphatic heterocycles. The van der Waals surface area contributed by atoms with E-state index in [1.54, 1.807) is 0 Å². The third kappa shape index (κ3) is 5.59. The molecule has 0 aliphatic rings. The van der Waals surface area contributed by atoms with Crippen molar-refractivity contribution in [2.75, 3.05) is 0 Å². The molecule has 0 radical (unpaired) electrons. The Morgan fingerprint density at radius 3 is 1.40 bits per heavy atom. The standard InChI is InChI=1S/C28H42O2/c1-7-11-13-21-15-23(16-22(27(21)29)14-12-8-2)24-17-25(19(5)9-3)28(30)26(18-24)20(6)10-4/h15-20,29-30H,7-14H2,1-6H3. The van der Waals surface area contributed by atoms with Gasteiger partial charge in [-0.2, -0.15) is 0 Å². The van der Waals surface area contributed by atoms with Crippen LogP contribution in [0.3, 0.4) is 0 Å². The third-order valence-corrected chi connectivity index (χ3v) is 6.66. The normalized spacial score (nSPS) is 13.4. The molecule has 0 aliphatic carbocycles. The lowest BCUT2D eigenvalue weighted by Crippen LogP contribution is -2.01. The maximum absolute atomic E-state index is 11.0. The molecule has 2 atom stereocenters. The van der Waals surface area contributed by atoms with Crippen LogP contribution in [0.5, 0.6) is 11.5 Å². The van der Waals surface area contributed by atoms with Crippen molar-refractivity contribution in [3.63, 3.8) is 0 Å². The summed E-state index contributed by atoms with van der Waals surface area (Å²) < 4.78 is 0. The number of phenols is 2. The summed E-state index contributed by atoms with van der Waals surface area (Å²) in [5.74, 6) is 1.58. The van der Waals surface area contributed by atoms with E-state index in [0.29, 0.717) is 23.3 Å². The van der Waals surface area contributed by atoms with Gasteiger partial charge in [0.1, 0.15) is 11.5 Å². The number of hydrogen-bond donors (Lipinski definition) is 2. The fourth-order valence-electron chi connectivity index (χ4n) is 4.08. The third-order valence-electron chi connectivity index (χ3n) is 6.66. The van der Waals surface area contributed by atoms with Gasteiger partial charge in [0.25, 0.3) is 0 Å². The van der Waals surface area contributed by atoms with Crippen LogP contribution in [0, 0.1) is 0 Å². The number of aryl methyl sites for hydroxylation is 2. The number of rotatable bonds is 11. The molecule has 2 unspecified atom stereocenters. The van der Waals surface area contributed by atoms with Gasteiger partial charge in [0, 0.05) is 0 Å². The van der Waals surface area contributed by atoms with E-state index >= 15 is 0 Å². The maximum Gasteiger partial charge on any atom is 0.122 e. The van der Waals surface area contributed by atoms with Crippen LogP contribution in [0.2, 0.25) is 0 Å². The fourth-order valence-corrected chi connectivity index (χ4v) is 4.08. The number of benzene rings is 2. The van der Waals surface area contributed by atoms with Crippen molar-refractivity contribution in [1.82, 2.24) is 0 Å². The molecule has 0 heterocycles. The highest BCUT2D eigenvalue weighted by molar-refractivity contribution is 5.71. The Bertz CT molecular complexity index is 761. The zero-order valence-corrected chi connectivity index (χ0v) is 20.0. The van der Waals surface area contributed by atoms with Crippen molar-refractivity contribution in [1.29, 1.82) is 0 Å². The van der Waals surface area contributed by atoms with E-state index in [0.717, 1.165) is 79.2 Å². The molecule has 0 amide bonds. The SMILES string of the molecule is CCCCc1cc(-c2cc(C(C)CC)c(O)c(C(C)CC)c2)cc(CCCC)c1O. The summed E-state index contributed by atoms with van der Waals surface area (Å²) in [7, 11) is 0. The van der Waals surface area contributed by atoms with Crippen molar-refractivity contribution >= 4 is 0 Å². The molecule has 0 aromatic heterocycles. The molecule has 2 aromatic carbocycles. The van der Waals surface area contributed by atoms with E-state index < -0.39 is 0 Å². The summed E-state index contributed by atoms with van der Waals surface area (Å²) in [5, 5.41) is 21.9. The lowest BCUT2D eigenvalue weighted by molar-refractivity contribution is 0.449. The van der Waals surface area contributed by atoms with E-state index in [1.807, 2.05) is 0 Å². The first-order valence-electron chi connectivity index (χ1n) is 12.1. The topological polar surface area (TPSA) is 40.5 Å². The molecule has 2 nitrogen and oxygen atoms in total. The second kappa shape index (κ2) is 11.4. The average molecular weight is 411 g/mol. The average Bonchev–Trinajstić information content (AvgIpc) is 2.76. The minimum absolute atomic E-state index is 0.309. The van der Waals surface area contributed by atoms with Gasteiger partial charge in [0.05, 0.1) is 0 Å². The highest BCUT2D eigenvalue weighted by Crippen LogP contribution is 2.41. The molecule has 0 saturated carbocycles. The molecule has 0 bridgehead atoms. The van der Waals surface area contributed by atoms with Crippen LogP contribution in [0.25, 0.3) is 11.1 Å². The quantitative estimate of drug-likeness (QED) is 0.390. The molecule has 0 saturated heterocycles. The Kier molecular flexibility index (Phi) is 9.27. The van der Waals surface area contributed by atoms with Crippen LogP contribution in [-0.2, 0) is 12.8 Å². The Morgan fingerprint density at radius 1 is 0.633 bits per heavy atom. The molecule has 2 heteroatoms. The van der Waals surface area contributed by atoms with Crippen LogP contribution < -0.4 is 0 Å². The van der Waals surface area contributed by atoms with Gasteiger partial charge in [-0.3, -0.25) is 0 Å². The first kappa shape index (κ1) is 24.3. The number of aromatic hydroxyl groups is 2. The molecule has 0 spiro atoms. The largest absolute Gasteiger partial charge is 0.507 e. The summed E-state index contributed by atoms with van der Waals surface area (Å²) >= 11 is 0. The molecular formula is C28H42O2. The lowest BCUT2D eigenvalue weighted by Gasteiger charge is -2.21. The molecule has 2 N–H and O–H groups in total. The van der Waals surface area contributed by atoms with Gasteiger partial charge < -0.3 is 10.2 Å². The summed E-state index contributed by atoms with van der Waals surface area (Å²) in [4.78, 5) is 0. The molecule has 30 heavy (non-hydrogen) atoms. The van der Waals surface area contributed by atoms with Crippen molar-refractivity contribution < 1.29 is 10.2 Å². The Morgan fingerprint density at radius 2 is 1.03 bits per heavy atom. The lowest BCUT2D eigenvalue weighted by atomic mass is 9.85. The summed E-state index contributed by atoms with van der Waals surface area (Å²) in [5.41, 5.74) is 6.53. The predicted octanol–water partition coefficient (Wildman–Crippen LogP) is 8.48. The molecule has 2 aromatic rings. The van der Waals surface area contributed by atoms with Crippen LogP contribution in [0.15, 0.2) is 24.3 Å². The molecule has 2 rings (SSSR count). The van der Waals surface area contributed by atoms with E-state index in [-0.39, 0.29) is 0 Å². The first-order chi connectivity index (χ1) is 14.4. The minimum Gasteiger partial charge on any atom is -0.507 e. The fraction of sp³-hybridized carbons (Fsp3) is 0.571. The Hall–Kier alpha value is -1.96. The van der Waals surface area contributed by atoms with Crippen molar-refractivity contribution in [3.05, 3.63) is 46.5 Å². The van der Waals surface area contributed by atoms with Gasteiger partial charge in [0.2, 0.25) is 0 Å². The van der Waals surface area contributed by atoms with Gasteiger partial charge in [0.15, 0.2) is 0 Å². The van der Waals surface area contributed by atoms with Gasteiger partial charge >= 0.3 is 0 Å². The second-order valence-electron chi connectivity index (χ2n) is 8.97. The molecule has 0 fully saturated rings. The maximum atomic E-state index is 11.0. The van der Waals surface area contributed by atoms with Gasteiger partial charge in [-0.05, 0) is 108 Å². The minimum atomic E-state index is 0.309. The number of phenolic OH excluding ortho intramolecular Hbond substituents is 2. The number of unbranched alkanes of at least 4 members (excludes halogenated alkanes) is 2. The van der Waals surface area contributed by atoms with Gasteiger partial charge in [-0.15, -0.1) is 0 Å². The predicted molar refractivity (Wildman–Crippen MR) is 130 cm³/mol. The number of hydrogen-bond acceptors (Lipinski definition) is 2. The Balaban J connectivity index is 2.68. The molecular weight excluding hydrogens is 368 g/mol. The van der Waals surface area contributed by atoms with E-state index in [9.17, 15) is 10.2 Å². The van der Waals surface area contributed by atoms with E-state index in [1.165, 1.54) is 5.56 Å². The van der Waals surface area contributed by atoms with Crippen LogP contribution >= 0.6 is 0 Å². The Labute approximate surface area is 184 Å². The van der Waals surface area contributed by atoms with E-state index in [4.69, 9.17) is 0 Å². The summed E-state index contributed by atoms with van der Waals surface area (Å²) in [6, 6.07) is 8.70. The van der Waals surface area contributed by atoms with Crippen LogP contribution in [-0.4, -0.2) is 10.2 Å². The monoisotopic (exact) mass is 410 g/mol. The van der Waals surface area contributed by atoms with Crippen LogP contribution in [0.1, 0.15) is 114 Å². The van der Waals surface area contributed by atoms with Crippen LogP contribution in [0.4, 0.5) is 0 Å². The van der Waals surface area contributed by atoms with E-state index in [2.05, 4.69) is 65.8 Å². The van der Waals surface area contributed by atoms with Gasteiger partial charge in [-0.25, -0.2) is 0 Å². The summed E-state index contributed by atoms with van der Waals surface area (Å²) in [6.45, 7) is 13.1. The second-order valence-corrected chi connectivity index (χ2v) is 8.97. The highest BCUT2D eigenvalue weighted by atomic mass is 16.3. The van der Waals surface area contributed by atoms with Crippen molar-refractivity contribution in [2.24, 2.45) is 0 Å². The van der Waals surface area contributed by atoms with Gasteiger partial charge in [-0.1, -0.05) is 54.4 Å². The molecule has 166 valence electrons. The zero-order chi connectivity index (χ0) is 22.3.